The molecule has 0 aliphatic carbocycles. The minimum atomic E-state index is -1.67. The van der Waals surface area contributed by atoms with E-state index in [1.807, 2.05) is 30.3 Å². The SMILES string of the molecule is C[C@H]1O[C@H](OCc2ccccc2)[C@@H](O)[C@]1(O)CO. The first kappa shape index (κ1) is 13.5. The highest BCUT2D eigenvalue weighted by Gasteiger charge is 2.53. The number of hydrogen-bond donors (Lipinski definition) is 3. The van der Waals surface area contributed by atoms with Crippen LogP contribution in [-0.2, 0) is 16.1 Å². The standard InChI is InChI=1S/C13H18O5/c1-9-13(16,8-14)11(15)12(18-9)17-7-10-5-3-2-4-6-10/h2-6,9,11-12,14-16H,7-8H2,1H3/t9-,11-,12+,13+/m1/s1. The lowest BCUT2D eigenvalue weighted by Crippen LogP contribution is -2.50. The van der Waals surface area contributed by atoms with E-state index in [-0.39, 0.29) is 6.61 Å². The van der Waals surface area contributed by atoms with Gasteiger partial charge in [0.25, 0.3) is 0 Å². The van der Waals surface area contributed by atoms with Crippen LogP contribution in [0.15, 0.2) is 30.3 Å². The summed E-state index contributed by atoms with van der Waals surface area (Å²) >= 11 is 0. The van der Waals surface area contributed by atoms with E-state index in [9.17, 15) is 10.2 Å². The molecule has 1 heterocycles. The highest BCUT2D eigenvalue weighted by molar-refractivity contribution is 5.13. The molecule has 0 aromatic heterocycles. The van der Waals surface area contributed by atoms with E-state index in [1.54, 1.807) is 6.92 Å². The third kappa shape index (κ3) is 2.41. The van der Waals surface area contributed by atoms with Crippen molar-refractivity contribution in [3.05, 3.63) is 35.9 Å². The zero-order valence-electron chi connectivity index (χ0n) is 10.2. The molecule has 2 rings (SSSR count). The summed E-state index contributed by atoms with van der Waals surface area (Å²) in [5.74, 6) is 0. The molecule has 1 saturated heterocycles. The Morgan fingerprint density at radius 2 is 2.00 bits per heavy atom. The number of benzene rings is 1. The molecule has 0 unspecified atom stereocenters. The topological polar surface area (TPSA) is 79.2 Å². The first-order chi connectivity index (χ1) is 8.58. The molecule has 0 radical (unpaired) electrons. The highest BCUT2D eigenvalue weighted by Crippen LogP contribution is 2.31. The maximum absolute atomic E-state index is 10.00. The van der Waals surface area contributed by atoms with Crippen LogP contribution in [0, 0.1) is 0 Å². The van der Waals surface area contributed by atoms with Gasteiger partial charge >= 0.3 is 0 Å². The maximum atomic E-state index is 10.00. The lowest BCUT2D eigenvalue weighted by Gasteiger charge is -2.26. The van der Waals surface area contributed by atoms with Gasteiger partial charge in [-0.1, -0.05) is 30.3 Å². The Hall–Kier alpha value is -0.980. The second kappa shape index (κ2) is 5.34. The van der Waals surface area contributed by atoms with E-state index in [0.29, 0.717) is 0 Å². The third-order valence-electron chi connectivity index (χ3n) is 3.32. The van der Waals surface area contributed by atoms with Crippen LogP contribution in [0.5, 0.6) is 0 Å². The summed E-state index contributed by atoms with van der Waals surface area (Å²) < 4.78 is 10.7. The minimum absolute atomic E-state index is 0.275. The molecule has 0 amide bonds. The molecule has 5 nitrogen and oxygen atoms in total. The maximum Gasteiger partial charge on any atom is 0.187 e. The van der Waals surface area contributed by atoms with Gasteiger partial charge in [-0.15, -0.1) is 0 Å². The van der Waals surface area contributed by atoms with Gasteiger partial charge in [-0.25, -0.2) is 0 Å². The molecule has 100 valence electrons. The van der Waals surface area contributed by atoms with Crippen LogP contribution in [0.4, 0.5) is 0 Å². The summed E-state index contributed by atoms with van der Waals surface area (Å²) in [6.45, 7) is 1.29. The van der Waals surface area contributed by atoms with E-state index >= 15 is 0 Å². The van der Waals surface area contributed by atoms with Crippen molar-refractivity contribution in [3.63, 3.8) is 0 Å². The van der Waals surface area contributed by atoms with Crippen LogP contribution in [0.2, 0.25) is 0 Å². The summed E-state index contributed by atoms with van der Waals surface area (Å²) in [7, 11) is 0. The Morgan fingerprint density at radius 3 is 2.56 bits per heavy atom. The zero-order valence-corrected chi connectivity index (χ0v) is 10.2. The first-order valence-corrected chi connectivity index (χ1v) is 5.90. The van der Waals surface area contributed by atoms with E-state index in [2.05, 4.69) is 0 Å². The van der Waals surface area contributed by atoms with Crippen molar-refractivity contribution in [3.8, 4) is 0 Å². The van der Waals surface area contributed by atoms with Gasteiger partial charge < -0.3 is 24.8 Å². The van der Waals surface area contributed by atoms with Gasteiger partial charge in [0, 0.05) is 0 Å². The highest BCUT2D eigenvalue weighted by atomic mass is 16.7. The summed E-state index contributed by atoms with van der Waals surface area (Å²) in [4.78, 5) is 0. The summed E-state index contributed by atoms with van der Waals surface area (Å²) in [6.07, 6.45) is -2.88. The molecule has 1 aromatic rings. The van der Waals surface area contributed by atoms with Crippen LogP contribution >= 0.6 is 0 Å². The van der Waals surface area contributed by atoms with E-state index in [4.69, 9.17) is 14.6 Å². The van der Waals surface area contributed by atoms with E-state index in [1.165, 1.54) is 0 Å². The summed E-state index contributed by atoms with van der Waals surface area (Å²) in [5, 5.41) is 29.0. The largest absolute Gasteiger partial charge is 0.393 e. The van der Waals surface area contributed by atoms with Crippen LogP contribution in [-0.4, -0.2) is 46.0 Å². The first-order valence-electron chi connectivity index (χ1n) is 5.90. The van der Waals surface area contributed by atoms with Gasteiger partial charge in [0.05, 0.1) is 19.3 Å². The van der Waals surface area contributed by atoms with Gasteiger partial charge in [0.15, 0.2) is 6.29 Å². The number of ether oxygens (including phenoxy) is 2. The van der Waals surface area contributed by atoms with Crippen LogP contribution in [0.25, 0.3) is 0 Å². The number of aliphatic hydroxyl groups is 3. The fourth-order valence-corrected chi connectivity index (χ4v) is 1.97. The molecule has 18 heavy (non-hydrogen) atoms. The monoisotopic (exact) mass is 254 g/mol. The van der Waals surface area contributed by atoms with Gasteiger partial charge in [-0.3, -0.25) is 0 Å². The van der Waals surface area contributed by atoms with Crippen LogP contribution in [0.1, 0.15) is 12.5 Å². The van der Waals surface area contributed by atoms with Gasteiger partial charge in [-0.05, 0) is 12.5 Å². The fourth-order valence-electron chi connectivity index (χ4n) is 1.97. The van der Waals surface area contributed by atoms with Crippen molar-refractivity contribution < 1.29 is 24.8 Å². The molecule has 0 spiro atoms. The Morgan fingerprint density at radius 1 is 1.33 bits per heavy atom. The van der Waals surface area contributed by atoms with Gasteiger partial charge in [-0.2, -0.15) is 0 Å². The Labute approximate surface area is 106 Å². The molecule has 0 bridgehead atoms. The van der Waals surface area contributed by atoms with Crippen molar-refractivity contribution in [2.24, 2.45) is 0 Å². The lowest BCUT2D eigenvalue weighted by molar-refractivity contribution is -0.172. The Kier molecular flexibility index (Phi) is 3.99. The van der Waals surface area contributed by atoms with E-state index < -0.39 is 30.7 Å². The molecule has 4 atom stereocenters. The Balaban J connectivity index is 1.96. The minimum Gasteiger partial charge on any atom is -0.393 e. The second-order valence-electron chi connectivity index (χ2n) is 4.54. The number of hydrogen-bond acceptors (Lipinski definition) is 5. The molecule has 1 aliphatic rings. The number of rotatable bonds is 4. The molecule has 3 N–H and O–H groups in total. The molecule has 1 aromatic carbocycles. The van der Waals surface area contributed by atoms with E-state index in [0.717, 1.165) is 5.56 Å². The predicted molar refractivity (Wildman–Crippen MR) is 63.6 cm³/mol. The van der Waals surface area contributed by atoms with Gasteiger partial charge in [0.1, 0.15) is 11.7 Å². The number of aliphatic hydroxyl groups excluding tert-OH is 2. The molecule has 5 heteroatoms. The molecule has 1 fully saturated rings. The summed E-state index contributed by atoms with van der Waals surface area (Å²) in [6, 6.07) is 9.46. The average Bonchev–Trinajstić information content (AvgIpc) is 2.62. The predicted octanol–water partition coefficient (Wildman–Crippen LogP) is 0.0323. The fraction of sp³-hybridized carbons (Fsp3) is 0.538. The van der Waals surface area contributed by atoms with Crippen molar-refractivity contribution in [2.45, 2.75) is 37.6 Å². The quantitative estimate of drug-likeness (QED) is 0.706. The Bertz CT molecular complexity index is 382. The van der Waals surface area contributed by atoms with Gasteiger partial charge in [0.2, 0.25) is 0 Å². The smallest absolute Gasteiger partial charge is 0.187 e. The zero-order chi connectivity index (χ0) is 13.2. The average molecular weight is 254 g/mol. The molecule has 1 aliphatic heterocycles. The second-order valence-corrected chi connectivity index (χ2v) is 4.54. The van der Waals surface area contributed by atoms with Crippen molar-refractivity contribution in [1.82, 2.24) is 0 Å². The lowest BCUT2D eigenvalue weighted by atomic mass is 9.95. The van der Waals surface area contributed by atoms with Crippen molar-refractivity contribution >= 4 is 0 Å². The molecular weight excluding hydrogens is 236 g/mol. The van der Waals surface area contributed by atoms with Crippen molar-refractivity contribution in [1.29, 1.82) is 0 Å². The molecule has 0 saturated carbocycles. The summed E-state index contributed by atoms with van der Waals surface area (Å²) in [5.41, 5.74) is -0.721. The normalized spacial score (nSPS) is 35.9. The third-order valence-corrected chi connectivity index (χ3v) is 3.32. The van der Waals surface area contributed by atoms with Crippen molar-refractivity contribution in [2.75, 3.05) is 6.61 Å². The molecular formula is C13H18O5. The van der Waals surface area contributed by atoms with Crippen LogP contribution in [0.3, 0.4) is 0 Å². The van der Waals surface area contributed by atoms with Crippen LogP contribution < -0.4 is 0 Å².